The van der Waals surface area contributed by atoms with Gasteiger partial charge >= 0.3 is 5.97 Å². The molecule has 6 nitrogen and oxygen atoms in total. The molecule has 0 spiro atoms. The number of Topliss-reactive ketones (excluding diaryl/α,β-unsaturated/α-hetero) is 1. The van der Waals surface area contributed by atoms with Crippen molar-refractivity contribution in [1.82, 2.24) is 4.57 Å². The van der Waals surface area contributed by atoms with Gasteiger partial charge in [-0.1, -0.05) is 36.2 Å². The van der Waals surface area contributed by atoms with Crippen LogP contribution < -0.4 is 5.32 Å². The molecular formula is C25H28Cl2N2O4. The summed E-state index contributed by atoms with van der Waals surface area (Å²) in [5.41, 5.74) is 3.31. The lowest BCUT2D eigenvalue weighted by molar-refractivity contribution is -0.137. The Morgan fingerprint density at radius 2 is 1.85 bits per heavy atom. The van der Waals surface area contributed by atoms with E-state index in [1.54, 1.807) is 19.1 Å². The van der Waals surface area contributed by atoms with Crippen LogP contribution in [0.15, 0.2) is 42.5 Å². The van der Waals surface area contributed by atoms with E-state index >= 15 is 0 Å². The number of ether oxygens (including phenoxy) is 1. The summed E-state index contributed by atoms with van der Waals surface area (Å²) < 4.78 is 7.80. The van der Waals surface area contributed by atoms with E-state index in [4.69, 9.17) is 33.0 Å². The highest BCUT2D eigenvalue weighted by Crippen LogP contribution is 2.30. The highest BCUT2D eigenvalue weighted by Gasteiger charge is 2.23. The number of aliphatic carboxylic acids is 1. The molecule has 176 valence electrons. The second-order valence-electron chi connectivity index (χ2n) is 8.17. The number of fused-ring (bicyclic) bond motifs is 1. The SMILES string of the molecule is C[C@H](CC(=O)O)CC(=O)c1c(CCOCCNc2cccc(Cl)c2)n(C)c2ccc(Cl)cc12. The molecular weight excluding hydrogens is 463 g/mol. The van der Waals surface area contributed by atoms with Gasteiger partial charge in [0, 0.05) is 70.7 Å². The van der Waals surface area contributed by atoms with Crippen LogP contribution in [0.1, 0.15) is 35.8 Å². The van der Waals surface area contributed by atoms with Crippen molar-refractivity contribution >= 4 is 51.5 Å². The number of carboxylic acid groups (broad SMARTS) is 1. The van der Waals surface area contributed by atoms with E-state index < -0.39 is 5.97 Å². The molecule has 1 aromatic heterocycles. The van der Waals surface area contributed by atoms with Crippen LogP contribution in [0.25, 0.3) is 10.9 Å². The van der Waals surface area contributed by atoms with Gasteiger partial charge in [-0.05, 0) is 42.3 Å². The minimum Gasteiger partial charge on any atom is -0.481 e. The Balaban J connectivity index is 1.68. The minimum absolute atomic E-state index is 0.0463. The molecule has 0 radical (unpaired) electrons. The van der Waals surface area contributed by atoms with E-state index in [9.17, 15) is 9.59 Å². The third kappa shape index (κ3) is 6.73. The molecule has 0 saturated carbocycles. The molecule has 1 heterocycles. The number of hydrogen-bond acceptors (Lipinski definition) is 4. The van der Waals surface area contributed by atoms with Crippen LogP contribution in [0.3, 0.4) is 0 Å². The summed E-state index contributed by atoms with van der Waals surface area (Å²) in [6, 6.07) is 13.0. The van der Waals surface area contributed by atoms with Gasteiger partial charge in [-0.2, -0.15) is 0 Å². The summed E-state index contributed by atoms with van der Waals surface area (Å²) in [5.74, 6) is -1.24. The zero-order chi connectivity index (χ0) is 24.0. The highest BCUT2D eigenvalue weighted by atomic mass is 35.5. The predicted molar refractivity (Wildman–Crippen MR) is 133 cm³/mol. The van der Waals surface area contributed by atoms with Crippen LogP contribution in [-0.4, -0.2) is 41.2 Å². The van der Waals surface area contributed by atoms with Gasteiger partial charge in [-0.15, -0.1) is 0 Å². The number of hydrogen-bond donors (Lipinski definition) is 2. The standard InChI is InChI=1S/C25H28Cl2N2O4/c1-16(13-24(31)32)12-23(30)25-20-15-18(27)6-7-21(20)29(2)22(25)8-10-33-11-9-28-19-5-3-4-17(26)14-19/h3-7,14-16,28H,8-13H2,1-2H3,(H,31,32)/t16-/m0/s1. The van der Waals surface area contributed by atoms with E-state index in [0.717, 1.165) is 22.3 Å². The summed E-state index contributed by atoms with van der Waals surface area (Å²) in [5, 5.41) is 14.3. The highest BCUT2D eigenvalue weighted by molar-refractivity contribution is 6.31. The summed E-state index contributed by atoms with van der Waals surface area (Å²) in [7, 11) is 1.92. The number of carboxylic acids is 1. The van der Waals surface area contributed by atoms with E-state index in [1.807, 2.05) is 41.9 Å². The molecule has 1 atom stereocenters. The molecule has 2 N–H and O–H groups in total. The van der Waals surface area contributed by atoms with Crippen molar-refractivity contribution in [3.05, 3.63) is 63.8 Å². The second-order valence-corrected chi connectivity index (χ2v) is 9.04. The third-order valence-electron chi connectivity index (χ3n) is 5.50. The molecule has 3 rings (SSSR count). The number of aryl methyl sites for hydroxylation is 1. The Hall–Kier alpha value is -2.54. The lowest BCUT2D eigenvalue weighted by atomic mass is 9.95. The largest absolute Gasteiger partial charge is 0.481 e. The van der Waals surface area contributed by atoms with Crippen LogP contribution in [0.2, 0.25) is 10.0 Å². The number of anilines is 1. The molecule has 0 unspecified atom stereocenters. The van der Waals surface area contributed by atoms with E-state index in [-0.39, 0.29) is 24.5 Å². The molecule has 2 aromatic carbocycles. The summed E-state index contributed by atoms with van der Waals surface area (Å²) in [6.07, 6.45) is 0.666. The van der Waals surface area contributed by atoms with Crippen molar-refractivity contribution in [1.29, 1.82) is 0 Å². The van der Waals surface area contributed by atoms with Gasteiger partial charge in [-0.3, -0.25) is 9.59 Å². The topological polar surface area (TPSA) is 80.6 Å². The molecule has 0 amide bonds. The number of ketones is 1. The quantitative estimate of drug-likeness (QED) is 0.246. The zero-order valence-corrected chi connectivity index (χ0v) is 20.2. The number of nitrogens with zero attached hydrogens (tertiary/aromatic N) is 1. The molecule has 3 aromatic rings. The van der Waals surface area contributed by atoms with Crippen LogP contribution >= 0.6 is 23.2 Å². The van der Waals surface area contributed by atoms with Crippen LogP contribution in [-0.2, 0) is 23.0 Å². The average Bonchev–Trinajstić information content (AvgIpc) is 3.01. The van der Waals surface area contributed by atoms with Gasteiger partial charge in [0.05, 0.1) is 13.2 Å². The zero-order valence-electron chi connectivity index (χ0n) is 18.7. The lowest BCUT2D eigenvalue weighted by Gasteiger charge is -2.11. The van der Waals surface area contributed by atoms with E-state index in [2.05, 4.69) is 5.32 Å². The Morgan fingerprint density at radius 3 is 2.58 bits per heavy atom. The predicted octanol–water partition coefficient (Wildman–Crippen LogP) is 5.84. The van der Waals surface area contributed by atoms with Crippen LogP contribution in [0.5, 0.6) is 0 Å². The van der Waals surface area contributed by atoms with Crippen molar-refractivity contribution < 1.29 is 19.4 Å². The first-order chi connectivity index (χ1) is 15.8. The van der Waals surface area contributed by atoms with Crippen molar-refractivity contribution in [2.45, 2.75) is 26.2 Å². The Labute approximate surface area is 203 Å². The maximum atomic E-state index is 13.2. The number of halogens is 2. The summed E-state index contributed by atoms with van der Waals surface area (Å²) in [6.45, 7) is 3.35. The number of benzene rings is 2. The third-order valence-corrected chi connectivity index (χ3v) is 5.97. The van der Waals surface area contributed by atoms with Gasteiger partial charge in [0.15, 0.2) is 5.78 Å². The summed E-state index contributed by atoms with van der Waals surface area (Å²) >= 11 is 12.2. The number of carbonyl (C=O) groups excluding carboxylic acids is 1. The van der Waals surface area contributed by atoms with E-state index in [0.29, 0.717) is 41.8 Å². The Bertz CT molecular complexity index is 1140. The van der Waals surface area contributed by atoms with Crippen molar-refractivity contribution in [3.63, 3.8) is 0 Å². The monoisotopic (exact) mass is 490 g/mol. The Kier molecular flexibility index (Phi) is 8.78. The molecule has 0 aliphatic carbocycles. The first-order valence-corrected chi connectivity index (χ1v) is 11.6. The van der Waals surface area contributed by atoms with Crippen molar-refractivity contribution in [2.75, 3.05) is 25.1 Å². The maximum absolute atomic E-state index is 13.2. The number of aromatic nitrogens is 1. The first-order valence-electron chi connectivity index (χ1n) is 10.8. The van der Waals surface area contributed by atoms with Gasteiger partial charge in [0.1, 0.15) is 0 Å². The Morgan fingerprint density at radius 1 is 1.09 bits per heavy atom. The lowest BCUT2D eigenvalue weighted by Crippen LogP contribution is -2.15. The minimum atomic E-state index is -0.906. The number of carbonyl (C=O) groups is 2. The molecule has 8 heteroatoms. The molecule has 0 saturated heterocycles. The van der Waals surface area contributed by atoms with Crippen LogP contribution in [0.4, 0.5) is 5.69 Å². The van der Waals surface area contributed by atoms with Crippen molar-refractivity contribution in [2.24, 2.45) is 13.0 Å². The van der Waals surface area contributed by atoms with Gasteiger partial charge < -0.3 is 19.7 Å². The molecule has 33 heavy (non-hydrogen) atoms. The number of rotatable bonds is 12. The molecule has 0 aliphatic rings. The average molecular weight is 491 g/mol. The maximum Gasteiger partial charge on any atom is 0.303 e. The fraction of sp³-hybridized carbons (Fsp3) is 0.360. The molecule has 0 fully saturated rings. The van der Waals surface area contributed by atoms with E-state index in [1.165, 1.54) is 0 Å². The normalized spacial score (nSPS) is 12.1. The smallest absolute Gasteiger partial charge is 0.303 e. The van der Waals surface area contributed by atoms with Gasteiger partial charge in [0.2, 0.25) is 0 Å². The summed E-state index contributed by atoms with van der Waals surface area (Å²) in [4.78, 5) is 24.2. The fourth-order valence-corrected chi connectivity index (χ4v) is 4.36. The number of nitrogens with one attached hydrogen (secondary N) is 1. The molecule has 0 aliphatic heterocycles. The van der Waals surface area contributed by atoms with Crippen LogP contribution in [0, 0.1) is 5.92 Å². The van der Waals surface area contributed by atoms with Crippen molar-refractivity contribution in [3.8, 4) is 0 Å². The fourth-order valence-electron chi connectivity index (χ4n) is 4.00. The second kappa shape index (κ2) is 11.5. The molecule has 0 bridgehead atoms. The van der Waals surface area contributed by atoms with Gasteiger partial charge in [-0.25, -0.2) is 0 Å². The van der Waals surface area contributed by atoms with Gasteiger partial charge in [0.25, 0.3) is 0 Å². The first kappa shape index (κ1) is 25.1.